The number of ketones is 6. The van der Waals surface area contributed by atoms with Crippen LogP contribution in [0.3, 0.4) is 0 Å². The molecule has 174 valence electrons. The molecule has 0 aliphatic heterocycles. The predicted molar refractivity (Wildman–Crippen MR) is 132 cm³/mol. The molecule has 3 aromatic carbocycles. The fourth-order valence-electron chi connectivity index (χ4n) is 3.73. The minimum atomic E-state index is -0.121. The van der Waals surface area contributed by atoms with E-state index in [1.807, 2.05) is 0 Å². The lowest BCUT2D eigenvalue weighted by Crippen LogP contribution is -2.20. The lowest BCUT2D eigenvalue weighted by molar-refractivity contribution is -0.113. The first kappa shape index (κ1) is 24.0. The maximum Gasteiger partial charge on any atom is 0.194 e. The Kier molecular flexibility index (Phi) is 6.97. The number of hydrogen-bond donors (Lipinski definition) is 0. The third-order valence-electron chi connectivity index (χ3n) is 5.50. The van der Waals surface area contributed by atoms with Crippen molar-refractivity contribution >= 4 is 34.7 Å². The number of allylic oxidation sites excluding steroid dienone is 6. The number of hydrogen-bond acceptors (Lipinski definition) is 6. The Bertz CT molecular complexity index is 1350. The van der Waals surface area contributed by atoms with E-state index in [0.717, 1.165) is 0 Å². The molecular formula is C30H18O6. The van der Waals surface area contributed by atoms with Crippen molar-refractivity contribution in [3.8, 4) is 0 Å². The maximum absolute atomic E-state index is 12.1. The van der Waals surface area contributed by atoms with E-state index in [4.69, 9.17) is 0 Å². The average molecular weight is 474 g/mol. The summed E-state index contributed by atoms with van der Waals surface area (Å²) in [7, 11) is 0. The van der Waals surface area contributed by atoms with Crippen molar-refractivity contribution in [1.29, 1.82) is 0 Å². The molecule has 0 fully saturated rings. The number of fused-ring (bicyclic) bond motifs is 3. The number of benzene rings is 3. The van der Waals surface area contributed by atoms with Crippen LogP contribution < -0.4 is 0 Å². The average Bonchev–Trinajstić information content (AvgIpc) is 2.92. The number of carbonyl (C=O) groups excluding carboxylic acids is 6. The van der Waals surface area contributed by atoms with Gasteiger partial charge in [0.2, 0.25) is 0 Å². The monoisotopic (exact) mass is 474 g/mol. The Balaban J connectivity index is 0.000000135. The molecule has 0 spiro atoms. The Morgan fingerprint density at radius 1 is 0.306 bits per heavy atom. The summed E-state index contributed by atoms with van der Waals surface area (Å²) in [5.41, 5.74) is 3.03. The quantitative estimate of drug-likeness (QED) is 0.352. The van der Waals surface area contributed by atoms with Gasteiger partial charge in [0.25, 0.3) is 0 Å². The zero-order valence-electron chi connectivity index (χ0n) is 18.8. The van der Waals surface area contributed by atoms with Crippen molar-refractivity contribution in [2.24, 2.45) is 0 Å². The summed E-state index contributed by atoms with van der Waals surface area (Å²) in [6, 6.07) is 20.7. The van der Waals surface area contributed by atoms with E-state index in [1.165, 1.54) is 36.5 Å². The third-order valence-corrected chi connectivity index (χ3v) is 5.50. The number of carbonyl (C=O) groups is 6. The Hall–Kier alpha value is -5.10. The Morgan fingerprint density at radius 2 is 0.556 bits per heavy atom. The van der Waals surface area contributed by atoms with Crippen LogP contribution in [0.5, 0.6) is 0 Å². The van der Waals surface area contributed by atoms with Crippen molar-refractivity contribution in [3.05, 3.63) is 143 Å². The molecule has 0 saturated heterocycles. The molecule has 0 saturated carbocycles. The van der Waals surface area contributed by atoms with E-state index < -0.39 is 0 Å². The summed E-state index contributed by atoms with van der Waals surface area (Å²) in [6.07, 6.45) is 7.63. The first-order valence-electron chi connectivity index (χ1n) is 10.9. The van der Waals surface area contributed by atoms with Crippen LogP contribution in [0.4, 0.5) is 0 Å². The highest BCUT2D eigenvalue weighted by Crippen LogP contribution is 2.26. The second-order valence-electron chi connectivity index (χ2n) is 7.83. The SMILES string of the molecule is O=C1C=CC(=O)C=C1.O=C1C=CC(=O)c2ccccc21.O=C1c2ccccc2C(=O)c2ccccc21. The van der Waals surface area contributed by atoms with E-state index in [9.17, 15) is 28.8 Å². The minimum Gasteiger partial charge on any atom is -0.290 e. The molecule has 3 aliphatic rings. The van der Waals surface area contributed by atoms with Gasteiger partial charge in [-0.1, -0.05) is 72.8 Å². The van der Waals surface area contributed by atoms with E-state index in [1.54, 1.807) is 72.8 Å². The van der Waals surface area contributed by atoms with Crippen molar-refractivity contribution in [3.63, 3.8) is 0 Å². The molecule has 6 heteroatoms. The van der Waals surface area contributed by atoms with E-state index in [0.29, 0.717) is 33.4 Å². The molecule has 6 nitrogen and oxygen atoms in total. The Morgan fingerprint density at radius 3 is 0.833 bits per heavy atom. The normalized spacial score (nSPS) is 14.7. The lowest BCUT2D eigenvalue weighted by atomic mass is 9.84. The van der Waals surface area contributed by atoms with Crippen molar-refractivity contribution in [2.75, 3.05) is 0 Å². The smallest absolute Gasteiger partial charge is 0.194 e. The Labute approximate surface area is 206 Å². The molecular weight excluding hydrogens is 456 g/mol. The van der Waals surface area contributed by atoms with E-state index in [-0.39, 0.29) is 34.7 Å². The van der Waals surface area contributed by atoms with Crippen molar-refractivity contribution < 1.29 is 28.8 Å². The molecule has 3 aromatic rings. The fourth-order valence-corrected chi connectivity index (χ4v) is 3.73. The van der Waals surface area contributed by atoms with Gasteiger partial charge in [-0.2, -0.15) is 0 Å². The zero-order valence-corrected chi connectivity index (χ0v) is 18.8. The van der Waals surface area contributed by atoms with Gasteiger partial charge in [-0.15, -0.1) is 0 Å². The lowest BCUT2D eigenvalue weighted by Gasteiger charge is -2.16. The summed E-state index contributed by atoms with van der Waals surface area (Å²) < 4.78 is 0. The molecule has 0 radical (unpaired) electrons. The largest absolute Gasteiger partial charge is 0.290 e. The van der Waals surface area contributed by atoms with Gasteiger partial charge in [0.1, 0.15) is 0 Å². The summed E-state index contributed by atoms with van der Waals surface area (Å²) in [4.78, 5) is 67.2. The zero-order chi connectivity index (χ0) is 25.7. The van der Waals surface area contributed by atoms with Crippen molar-refractivity contribution in [1.82, 2.24) is 0 Å². The first-order valence-corrected chi connectivity index (χ1v) is 10.9. The highest BCUT2D eigenvalue weighted by Gasteiger charge is 2.28. The molecule has 0 N–H and O–H groups in total. The standard InChI is InChI=1S/C14H8O2.C10H6O2.C6H4O2/c15-13-9-5-1-2-6-10(9)14(16)12-8-4-3-7-11(12)13;11-9-5-6-10(12)8-4-2-1-3-7(8)9;7-5-1-2-6(8)4-3-5/h1-8H;1-6H;1-4H. The van der Waals surface area contributed by atoms with Gasteiger partial charge < -0.3 is 0 Å². The molecule has 6 rings (SSSR count). The third kappa shape index (κ3) is 5.03. The minimum absolute atomic E-state index is 0.0641. The molecule has 0 unspecified atom stereocenters. The van der Waals surface area contributed by atoms with Crippen LogP contribution >= 0.6 is 0 Å². The second kappa shape index (κ2) is 10.4. The van der Waals surface area contributed by atoms with Crippen LogP contribution in [0.1, 0.15) is 52.6 Å². The summed E-state index contributed by atoms with van der Waals surface area (Å²) in [5, 5.41) is 0. The van der Waals surface area contributed by atoms with Gasteiger partial charge in [0, 0.05) is 33.4 Å². The predicted octanol–water partition coefficient (Wildman–Crippen LogP) is 4.33. The summed E-state index contributed by atoms with van der Waals surface area (Å²) in [5.74, 6) is -0.554. The van der Waals surface area contributed by atoms with Crippen LogP contribution in [-0.4, -0.2) is 34.7 Å². The van der Waals surface area contributed by atoms with E-state index in [2.05, 4.69) is 0 Å². The van der Waals surface area contributed by atoms with Gasteiger partial charge in [-0.05, 0) is 36.5 Å². The van der Waals surface area contributed by atoms with Gasteiger partial charge in [0.05, 0.1) is 0 Å². The second-order valence-corrected chi connectivity index (χ2v) is 7.83. The van der Waals surface area contributed by atoms with Gasteiger partial charge in [0.15, 0.2) is 34.7 Å². The highest BCUT2D eigenvalue weighted by atomic mass is 16.2. The maximum atomic E-state index is 12.1. The van der Waals surface area contributed by atoms with Gasteiger partial charge >= 0.3 is 0 Å². The van der Waals surface area contributed by atoms with Crippen LogP contribution in [0.15, 0.2) is 109 Å². The van der Waals surface area contributed by atoms with Gasteiger partial charge in [-0.3, -0.25) is 28.8 Å². The van der Waals surface area contributed by atoms with Crippen molar-refractivity contribution in [2.45, 2.75) is 0 Å². The first-order chi connectivity index (χ1) is 17.4. The molecule has 36 heavy (non-hydrogen) atoms. The molecule has 0 atom stereocenters. The van der Waals surface area contributed by atoms with Crippen LogP contribution in [-0.2, 0) is 9.59 Å². The molecule has 0 aromatic heterocycles. The van der Waals surface area contributed by atoms with Gasteiger partial charge in [-0.25, -0.2) is 0 Å². The molecule has 3 aliphatic carbocycles. The molecule has 0 amide bonds. The molecule has 0 heterocycles. The summed E-state index contributed by atoms with van der Waals surface area (Å²) >= 11 is 0. The van der Waals surface area contributed by atoms with Crippen LogP contribution in [0.25, 0.3) is 0 Å². The number of rotatable bonds is 0. The summed E-state index contributed by atoms with van der Waals surface area (Å²) in [6.45, 7) is 0. The fraction of sp³-hybridized carbons (Fsp3) is 0. The van der Waals surface area contributed by atoms with Crippen LogP contribution in [0, 0.1) is 0 Å². The highest BCUT2D eigenvalue weighted by molar-refractivity contribution is 6.28. The molecule has 0 bridgehead atoms. The van der Waals surface area contributed by atoms with E-state index >= 15 is 0 Å². The van der Waals surface area contributed by atoms with Crippen LogP contribution in [0.2, 0.25) is 0 Å². The topological polar surface area (TPSA) is 102 Å².